The highest BCUT2D eigenvalue weighted by molar-refractivity contribution is 5.76. The molecule has 176 valence electrons. The second-order valence-electron chi connectivity index (χ2n) is 8.33. The van der Waals surface area contributed by atoms with Crippen LogP contribution in [0.5, 0.6) is 0 Å². The number of amides is 1. The molecule has 2 aromatic heterocycles. The zero-order valence-electron chi connectivity index (χ0n) is 19.1. The van der Waals surface area contributed by atoms with Gasteiger partial charge in [-0.1, -0.05) is 31.4 Å². The summed E-state index contributed by atoms with van der Waals surface area (Å²) in [7, 11) is 1.85. The maximum atomic E-state index is 12.6. The summed E-state index contributed by atoms with van der Waals surface area (Å²) in [4.78, 5) is 31.2. The Morgan fingerprint density at radius 1 is 1.30 bits per heavy atom. The first-order valence-electron chi connectivity index (χ1n) is 11.0. The van der Waals surface area contributed by atoms with Crippen LogP contribution in [-0.4, -0.2) is 53.9 Å². The number of rotatable bonds is 10. The quantitative estimate of drug-likeness (QED) is 0.535. The standard InChI is InChI=1S/C24H32N6O3/c1-4-6-19(5-2)7-8-22(31)29-13-10-24(33,11-14-29)17-30-18-26-21(15-23(30)32)25-16-20-9-12-27-28(20)3/h4-6,9,12,15,18,25,33H,1-2,7-8,10-11,13-14,16-17H2,3H3/b19-6+. The lowest BCUT2D eigenvalue weighted by Gasteiger charge is -2.38. The van der Waals surface area contributed by atoms with Crippen LogP contribution in [0.2, 0.25) is 0 Å². The average molecular weight is 453 g/mol. The van der Waals surface area contributed by atoms with E-state index in [1.54, 1.807) is 27.9 Å². The van der Waals surface area contributed by atoms with E-state index in [2.05, 4.69) is 28.6 Å². The van der Waals surface area contributed by atoms with Gasteiger partial charge in [-0.25, -0.2) is 4.98 Å². The lowest BCUT2D eigenvalue weighted by molar-refractivity contribution is -0.135. The van der Waals surface area contributed by atoms with Gasteiger partial charge in [0.25, 0.3) is 5.56 Å². The third-order valence-electron chi connectivity index (χ3n) is 5.99. The summed E-state index contributed by atoms with van der Waals surface area (Å²) in [5.41, 5.74) is 0.641. The summed E-state index contributed by atoms with van der Waals surface area (Å²) >= 11 is 0. The largest absolute Gasteiger partial charge is 0.388 e. The molecule has 2 aromatic rings. The molecule has 0 radical (unpaired) electrons. The summed E-state index contributed by atoms with van der Waals surface area (Å²) in [5, 5.41) is 18.2. The van der Waals surface area contributed by atoms with Gasteiger partial charge >= 0.3 is 0 Å². The molecule has 0 unspecified atom stereocenters. The Balaban J connectivity index is 1.52. The number of nitrogens with zero attached hydrogens (tertiary/aromatic N) is 5. The highest BCUT2D eigenvalue weighted by Gasteiger charge is 2.34. The van der Waals surface area contributed by atoms with Crippen LogP contribution in [0.1, 0.15) is 31.4 Å². The zero-order chi connectivity index (χ0) is 23.8. The van der Waals surface area contributed by atoms with Crippen molar-refractivity contribution in [1.82, 2.24) is 24.2 Å². The topological polar surface area (TPSA) is 105 Å². The number of hydrogen-bond acceptors (Lipinski definition) is 6. The van der Waals surface area contributed by atoms with E-state index in [4.69, 9.17) is 0 Å². The third-order valence-corrected chi connectivity index (χ3v) is 5.99. The van der Waals surface area contributed by atoms with Crippen LogP contribution < -0.4 is 10.9 Å². The molecule has 1 fully saturated rings. The Bertz CT molecular complexity index is 1080. The van der Waals surface area contributed by atoms with Crippen molar-refractivity contribution in [2.24, 2.45) is 7.05 Å². The van der Waals surface area contributed by atoms with Gasteiger partial charge in [0.05, 0.1) is 30.7 Å². The van der Waals surface area contributed by atoms with Gasteiger partial charge in [0, 0.05) is 38.8 Å². The van der Waals surface area contributed by atoms with Crippen molar-refractivity contribution in [3.8, 4) is 0 Å². The van der Waals surface area contributed by atoms with Crippen LogP contribution in [0.4, 0.5) is 5.82 Å². The molecule has 0 saturated carbocycles. The number of likely N-dealkylation sites (tertiary alicyclic amines) is 1. The molecule has 0 bridgehead atoms. The fourth-order valence-electron chi connectivity index (χ4n) is 3.86. The van der Waals surface area contributed by atoms with Crippen LogP contribution in [0, 0.1) is 0 Å². The third kappa shape index (κ3) is 6.52. The number of allylic oxidation sites excluding steroid dienone is 4. The maximum absolute atomic E-state index is 12.6. The molecule has 3 rings (SSSR count). The fraction of sp³-hybridized carbons (Fsp3) is 0.417. The van der Waals surface area contributed by atoms with Crippen LogP contribution in [-0.2, 0) is 24.9 Å². The van der Waals surface area contributed by atoms with E-state index in [1.807, 2.05) is 19.2 Å². The fourth-order valence-corrected chi connectivity index (χ4v) is 3.86. The minimum absolute atomic E-state index is 0.0524. The van der Waals surface area contributed by atoms with Gasteiger partial charge in [0.2, 0.25) is 5.91 Å². The van der Waals surface area contributed by atoms with E-state index >= 15 is 0 Å². The molecule has 3 heterocycles. The van der Waals surface area contributed by atoms with E-state index in [1.165, 1.54) is 17.0 Å². The monoisotopic (exact) mass is 452 g/mol. The van der Waals surface area contributed by atoms with Crippen molar-refractivity contribution in [3.05, 3.63) is 77.7 Å². The molecule has 0 spiro atoms. The van der Waals surface area contributed by atoms with Crippen LogP contribution in [0.3, 0.4) is 0 Å². The number of anilines is 1. The molecule has 1 aliphatic rings. The Labute approximate surface area is 193 Å². The van der Waals surface area contributed by atoms with Gasteiger partial charge in [-0.05, 0) is 30.9 Å². The van der Waals surface area contributed by atoms with E-state index in [0.717, 1.165) is 11.3 Å². The number of piperidine rings is 1. The Kier molecular flexibility index (Phi) is 8.00. The smallest absolute Gasteiger partial charge is 0.255 e. The number of aromatic nitrogens is 4. The van der Waals surface area contributed by atoms with E-state index in [9.17, 15) is 14.7 Å². The van der Waals surface area contributed by atoms with Crippen molar-refractivity contribution in [2.45, 2.75) is 44.4 Å². The molecule has 33 heavy (non-hydrogen) atoms. The normalized spacial score (nSPS) is 15.8. The van der Waals surface area contributed by atoms with Crippen molar-refractivity contribution < 1.29 is 9.90 Å². The number of hydrogen-bond donors (Lipinski definition) is 2. The summed E-state index contributed by atoms with van der Waals surface area (Å²) in [6.07, 6.45) is 10.2. The highest BCUT2D eigenvalue weighted by atomic mass is 16.3. The molecule has 0 aromatic carbocycles. The molecule has 1 saturated heterocycles. The van der Waals surface area contributed by atoms with Crippen LogP contribution in [0.25, 0.3) is 0 Å². The van der Waals surface area contributed by atoms with Crippen molar-refractivity contribution in [2.75, 3.05) is 18.4 Å². The number of aryl methyl sites for hydroxylation is 1. The lowest BCUT2D eigenvalue weighted by Crippen LogP contribution is -2.49. The first-order chi connectivity index (χ1) is 15.8. The van der Waals surface area contributed by atoms with Gasteiger partial charge in [-0.3, -0.25) is 18.8 Å². The van der Waals surface area contributed by atoms with Crippen molar-refractivity contribution >= 4 is 11.7 Å². The number of carbonyl (C=O) groups is 1. The minimum Gasteiger partial charge on any atom is -0.388 e. The van der Waals surface area contributed by atoms with Crippen LogP contribution in [0.15, 0.2) is 66.4 Å². The van der Waals surface area contributed by atoms with E-state index in [0.29, 0.717) is 51.1 Å². The Morgan fingerprint density at radius 2 is 2.06 bits per heavy atom. The molecule has 1 amide bonds. The van der Waals surface area contributed by atoms with Gasteiger partial charge in [0.15, 0.2) is 0 Å². The minimum atomic E-state index is -1.05. The molecule has 0 aliphatic carbocycles. The molecule has 9 nitrogen and oxygen atoms in total. The summed E-state index contributed by atoms with van der Waals surface area (Å²) < 4.78 is 3.17. The maximum Gasteiger partial charge on any atom is 0.255 e. The molecular formula is C24H32N6O3. The molecule has 2 N–H and O–H groups in total. The summed E-state index contributed by atoms with van der Waals surface area (Å²) in [5.74, 6) is 0.519. The number of aliphatic hydroxyl groups is 1. The second kappa shape index (κ2) is 10.9. The van der Waals surface area contributed by atoms with Gasteiger partial charge < -0.3 is 15.3 Å². The SMILES string of the molecule is C=C/C=C(\C=C)CCC(=O)N1CCC(O)(Cn2cnc(NCc3ccnn3C)cc2=O)CC1. The average Bonchev–Trinajstić information content (AvgIpc) is 3.21. The summed E-state index contributed by atoms with van der Waals surface area (Å²) in [6.45, 7) is 8.97. The van der Waals surface area contributed by atoms with E-state index in [-0.39, 0.29) is 18.0 Å². The van der Waals surface area contributed by atoms with Gasteiger partial charge in [-0.15, -0.1) is 0 Å². The predicted molar refractivity (Wildman–Crippen MR) is 128 cm³/mol. The first-order valence-corrected chi connectivity index (χ1v) is 11.0. The zero-order valence-corrected chi connectivity index (χ0v) is 19.1. The number of carbonyl (C=O) groups excluding carboxylic acids is 1. The van der Waals surface area contributed by atoms with Crippen LogP contribution >= 0.6 is 0 Å². The van der Waals surface area contributed by atoms with E-state index < -0.39 is 5.60 Å². The van der Waals surface area contributed by atoms with Crippen molar-refractivity contribution in [3.63, 3.8) is 0 Å². The van der Waals surface area contributed by atoms with Gasteiger partial charge in [-0.2, -0.15) is 5.10 Å². The van der Waals surface area contributed by atoms with Gasteiger partial charge in [0.1, 0.15) is 5.82 Å². The Hall–Kier alpha value is -3.46. The lowest BCUT2D eigenvalue weighted by atomic mass is 9.91. The first kappa shape index (κ1) is 24.2. The Morgan fingerprint density at radius 3 is 2.67 bits per heavy atom. The number of nitrogens with one attached hydrogen (secondary N) is 1. The molecule has 1 aliphatic heterocycles. The van der Waals surface area contributed by atoms with Crippen molar-refractivity contribution in [1.29, 1.82) is 0 Å². The summed E-state index contributed by atoms with van der Waals surface area (Å²) in [6, 6.07) is 3.31. The molecule has 9 heteroatoms. The second-order valence-corrected chi connectivity index (χ2v) is 8.33. The molecule has 0 atom stereocenters. The molecular weight excluding hydrogens is 420 g/mol. The highest BCUT2D eigenvalue weighted by Crippen LogP contribution is 2.24. The predicted octanol–water partition coefficient (Wildman–Crippen LogP) is 2.02.